The fourth-order valence-electron chi connectivity index (χ4n) is 9.77. The fourth-order valence-corrected chi connectivity index (χ4v) is 9.77. The standard InChI is InChI=1S/C76H130O6/c1-4-7-10-13-16-19-22-25-28-30-32-33-34-35-36-37-38-39-40-41-42-43-44-46-48-51-54-57-60-63-66-69-75(78)81-72-73(71-80-74(77)68-65-62-59-56-53-50-47-27-24-21-18-15-12-9-6-3)82-76(79)70-67-64-61-58-55-52-49-45-31-29-26-23-20-17-14-11-8-5-2/h9,12,18,20-23,25,27,29-32,34-35,47,53,56,73H,4-8,10-11,13-17,19,24,26,28,33,36-46,48-52,54-55,57-72H2,1-3H3/b12-9-,21-18-,23-20-,25-22-,31-29-,32-30-,35-34-,47-27-,56-53-. The summed E-state index contributed by atoms with van der Waals surface area (Å²) in [5.74, 6) is -0.934. The minimum atomic E-state index is -0.802. The molecule has 0 aromatic rings. The van der Waals surface area contributed by atoms with E-state index in [1.807, 2.05) is 0 Å². The topological polar surface area (TPSA) is 78.9 Å². The van der Waals surface area contributed by atoms with E-state index >= 15 is 0 Å². The Balaban J connectivity index is 4.28. The molecule has 0 saturated heterocycles. The average Bonchev–Trinajstić information content (AvgIpc) is 3.47. The van der Waals surface area contributed by atoms with Gasteiger partial charge in [-0.1, -0.05) is 297 Å². The van der Waals surface area contributed by atoms with Gasteiger partial charge in [0.05, 0.1) is 0 Å². The van der Waals surface area contributed by atoms with Crippen LogP contribution in [0.4, 0.5) is 0 Å². The third kappa shape index (κ3) is 66.9. The van der Waals surface area contributed by atoms with Gasteiger partial charge < -0.3 is 14.2 Å². The molecule has 1 unspecified atom stereocenters. The monoisotopic (exact) mass is 1140 g/mol. The molecule has 0 aliphatic rings. The van der Waals surface area contributed by atoms with Crippen LogP contribution in [-0.2, 0) is 28.6 Å². The second-order valence-electron chi connectivity index (χ2n) is 23.1. The van der Waals surface area contributed by atoms with Crippen molar-refractivity contribution >= 4 is 17.9 Å². The van der Waals surface area contributed by atoms with Crippen LogP contribution in [0.3, 0.4) is 0 Å². The maximum Gasteiger partial charge on any atom is 0.306 e. The summed E-state index contributed by atoms with van der Waals surface area (Å²) in [6.45, 7) is 6.48. The zero-order chi connectivity index (χ0) is 59.2. The Morgan fingerprint density at radius 2 is 0.476 bits per heavy atom. The molecule has 6 heteroatoms. The lowest BCUT2D eigenvalue weighted by Gasteiger charge is -2.18. The number of allylic oxidation sites excluding steroid dienone is 18. The Hall–Kier alpha value is -3.93. The van der Waals surface area contributed by atoms with E-state index in [9.17, 15) is 14.4 Å². The molecule has 0 radical (unpaired) electrons. The summed E-state index contributed by atoms with van der Waals surface area (Å²) < 4.78 is 16.9. The van der Waals surface area contributed by atoms with Gasteiger partial charge in [-0.25, -0.2) is 0 Å². The zero-order valence-electron chi connectivity index (χ0n) is 54.0. The number of esters is 3. The molecule has 0 aliphatic carbocycles. The Morgan fingerprint density at radius 1 is 0.256 bits per heavy atom. The molecule has 0 N–H and O–H groups in total. The van der Waals surface area contributed by atoms with Crippen molar-refractivity contribution in [2.45, 2.75) is 341 Å². The van der Waals surface area contributed by atoms with Crippen molar-refractivity contribution in [3.63, 3.8) is 0 Å². The lowest BCUT2D eigenvalue weighted by atomic mass is 10.0. The van der Waals surface area contributed by atoms with Crippen molar-refractivity contribution in [1.29, 1.82) is 0 Å². The van der Waals surface area contributed by atoms with E-state index in [0.29, 0.717) is 19.3 Å². The summed E-state index contributed by atoms with van der Waals surface area (Å²) in [5.41, 5.74) is 0. The van der Waals surface area contributed by atoms with Gasteiger partial charge in [0.25, 0.3) is 0 Å². The largest absolute Gasteiger partial charge is 0.462 e. The lowest BCUT2D eigenvalue weighted by Crippen LogP contribution is -2.30. The highest BCUT2D eigenvalue weighted by Gasteiger charge is 2.19. The normalized spacial score (nSPS) is 12.8. The van der Waals surface area contributed by atoms with Gasteiger partial charge in [0.1, 0.15) is 13.2 Å². The van der Waals surface area contributed by atoms with Gasteiger partial charge in [-0.05, 0) is 128 Å². The second-order valence-corrected chi connectivity index (χ2v) is 23.1. The minimum Gasteiger partial charge on any atom is -0.462 e. The van der Waals surface area contributed by atoms with E-state index in [0.717, 1.165) is 109 Å². The molecule has 82 heavy (non-hydrogen) atoms. The van der Waals surface area contributed by atoms with E-state index in [2.05, 4.69) is 130 Å². The molecule has 0 aromatic heterocycles. The number of rotatable bonds is 63. The van der Waals surface area contributed by atoms with E-state index in [-0.39, 0.29) is 31.1 Å². The van der Waals surface area contributed by atoms with Crippen LogP contribution in [0.1, 0.15) is 335 Å². The van der Waals surface area contributed by atoms with Crippen LogP contribution in [0.5, 0.6) is 0 Å². The summed E-state index contributed by atoms with van der Waals surface area (Å²) >= 11 is 0. The Morgan fingerprint density at radius 3 is 0.780 bits per heavy atom. The molecule has 6 nitrogen and oxygen atoms in total. The molecule has 0 saturated carbocycles. The molecule has 0 spiro atoms. The first-order valence-corrected chi connectivity index (χ1v) is 34.9. The van der Waals surface area contributed by atoms with Crippen LogP contribution in [0.25, 0.3) is 0 Å². The number of unbranched alkanes of at least 4 members (excludes halogenated alkanes) is 34. The maximum absolute atomic E-state index is 12.9. The number of carbonyl (C=O) groups is 3. The van der Waals surface area contributed by atoms with Crippen LogP contribution in [0.15, 0.2) is 109 Å². The first kappa shape index (κ1) is 78.1. The summed E-state index contributed by atoms with van der Waals surface area (Å²) in [4.78, 5) is 38.4. The van der Waals surface area contributed by atoms with E-state index in [1.165, 1.54) is 186 Å². The van der Waals surface area contributed by atoms with Gasteiger partial charge in [0, 0.05) is 19.3 Å². The Labute approximate surface area is 508 Å². The van der Waals surface area contributed by atoms with Crippen molar-refractivity contribution in [3.05, 3.63) is 109 Å². The molecule has 0 heterocycles. The van der Waals surface area contributed by atoms with Gasteiger partial charge in [-0.3, -0.25) is 14.4 Å². The molecule has 0 amide bonds. The fraction of sp³-hybridized carbons (Fsp3) is 0.724. The molecule has 0 aromatic carbocycles. The van der Waals surface area contributed by atoms with Crippen molar-refractivity contribution in [2.24, 2.45) is 0 Å². The summed E-state index contributed by atoms with van der Waals surface area (Å²) in [5, 5.41) is 0. The molecule has 0 fully saturated rings. The molecule has 470 valence electrons. The van der Waals surface area contributed by atoms with Crippen LogP contribution in [0.2, 0.25) is 0 Å². The quantitative estimate of drug-likeness (QED) is 0.0261. The Kier molecular flexibility index (Phi) is 66.2. The first-order chi connectivity index (χ1) is 40.5. The van der Waals surface area contributed by atoms with Crippen LogP contribution in [0, 0.1) is 0 Å². The average molecular weight is 1140 g/mol. The van der Waals surface area contributed by atoms with Crippen LogP contribution in [-0.4, -0.2) is 37.2 Å². The Bertz CT molecular complexity index is 1640. The van der Waals surface area contributed by atoms with E-state index in [1.54, 1.807) is 0 Å². The van der Waals surface area contributed by atoms with Crippen molar-refractivity contribution in [3.8, 4) is 0 Å². The number of ether oxygens (including phenoxy) is 3. The van der Waals surface area contributed by atoms with E-state index in [4.69, 9.17) is 14.2 Å². The lowest BCUT2D eigenvalue weighted by molar-refractivity contribution is -0.167. The zero-order valence-corrected chi connectivity index (χ0v) is 54.0. The van der Waals surface area contributed by atoms with Crippen molar-refractivity contribution in [2.75, 3.05) is 13.2 Å². The summed E-state index contributed by atoms with van der Waals surface area (Å²) in [6.07, 6.45) is 95.5. The predicted molar refractivity (Wildman–Crippen MR) is 357 cm³/mol. The highest BCUT2D eigenvalue weighted by molar-refractivity contribution is 5.71. The number of carbonyl (C=O) groups excluding carboxylic acids is 3. The third-order valence-electron chi connectivity index (χ3n) is 15.0. The second kappa shape index (κ2) is 69.6. The van der Waals surface area contributed by atoms with Gasteiger partial charge in [0.15, 0.2) is 6.10 Å². The third-order valence-corrected chi connectivity index (χ3v) is 15.0. The van der Waals surface area contributed by atoms with Crippen molar-refractivity contribution < 1.29 is 28.6 Å². The van der Waals surface area contributed by atoms with Crippen LogP contribution >= 0.6 is 0 Å². The summed E-state index contributed by atoms with van der Waals surface area (Å²) in [6, 6.07) is 0. The molecule has 0 rings (SSSR count). The number of hydrogen-bond acceptors (Lipinski definition) is 6. The molecule has 0 bridgehead atoms. The highest BCUT2D eigenvalue weighted by atomic mass is 16.6. The summed E-state index contributed by atoms with van der Waals surface area (Å²) in [7, 11) is 0. The molecular formula is C76H130O6. The van der Waals surface area contributed by atoms with Crippen molar-refractivity contribution in [1.82, 2.24) is 0 Å². The van der Waals surface area contributed by atoms with Gasteiger partial charge in [-0.15, -0.1) is 0 Å². The smallest absolute Gasteiger partial charge is 0.306 e. The predicted octanol–water partition coefficient (Wildman–Crippen LogP) is 24.2. The van der Waals surface area contributed by atoms with Gasteiger partial charge >= 0.3 is 17.9 Å². The van der Waals surface area contributed by atoms with Crippen LogP contribution < -0.4 is 0 Å². The first-order valence-electron chi connectivity index (χ1n) is 34.9. The highest BCUT2D eigenvalue weighted by Crippen LogP contribution is 2.17. The molecule has 0 aliphatic heterocycles. The number of hydrogen-bond donors (Lipinski definition) is 0. The maximum atomic E-state index is 12.9. The molecular weight excluding hydrogens is 1010 g/mol. The van der Waals surface area contributed by atoms with Gasteiger partial charge in [0.2, 0.25) is 0 Å². The SMILES string of the molecule is CC/C=C\C/C=C\C/C=C\C/C=C\CCCCC(=O)OCC(COC(=O)CCCCCCCCCCCCCCCCCC/C=C\C/C=C\C/C=C\CCCCCCC)OC(=O)CCCCCCCCC/C=C\C/C=C\CCCCCC. The minimum absolute atomic E-state index is 0.0937. The van der Waals surface area contributed by atoms with E-state index < -0.39 is 6.10 Å². The molecule has 1 atom stereocenters. The van der Waals surface area contributed by atoms with Gasteiger partial charge in [-0.2, -0.15) is 0 Å².